The van der Waals surface area contributed by atoms with Gasteiger partial charge in [0.1, 0.15) is 11.3 Å². The second-order valence-corrected chi connectivity index (χ2v) is 7.70. The highest BCUT2D eigenvalue weighted by Crippen LogP contribution is 2.37. The fourth-order valence-electron chi connectivity index (χ4n) is 3.47. The zero-order valence-corrected chi connectivity index (χ0v) is 18.1. The minimum atomic E-state index is -0.163. The van der Waals surface area contributed by atoms with Gasteiger partial charge in [0.2, 0.25) is 5.91 Å². The Morgan fingerprint density at radius 1 is 1.21 bits per heavy atom. The Kier molecular flexibility index (Phi) is 6.12. The lowest BCUT2D eigenvalue weighted by Crippen LogP contribution is -2.09. The van der Waals surface area contributed by atoms with Gasteiger partial charge in [0.15, 0.2) is 0 Å². The first kappa shape index (κ1) is 20.7. The summed E-state index contributed by atoms with van der Waals surface area (Å²) in [5.74, 6) is 1.06. The predicted octanol–water partition coefficient (Wildman–Crippen LogP) is 6.61. The molecule has 4 heteroatoms. The van der Waals surface area contributed by atoms with E-state index in [0.717, 1.165) is 44.7 Å². The Bertz CT molecular complexity index is 1060. The average molecular weight is 392 g/mol. The number of hydrogen-bond acceptors (Lipinski definition) is 3. The number of carbonyl (C=O) groups excluding carboxylic acids is 1. The monoisotopic (exact) mass is 391 g/mol. The minimum Gasteiger partial charge on any atom is -0.493 e. The third-order valence-corrected chi connectivity index (χ3v) is 5.14. The fourth-order valence-corrected chi connectivity index (χ4v) is 3.47. The van der Waals surface area contributed by atoms with E-state index in [1.54, 1.807) is 12.3 Å². The maximum absolute atomic E-state index is 12.6. The van der Waals surface area contributed by atoms with Gasteiger partial charge in [0.05, 0.1) is 12.9 Å². The maximum Gasteiger partial charge on any atom is 0.248 e. The maximum atomic E-state index is 12.6. The molecule has 0 aliphatic heterocycles. The molecule has 0 unspecified atom stereocenters. The van der Waals surface area contributed by atoms with Gasteiger partial charge in [-0.2, -0.15) is 0 Å². The van der Waals surface area contributed by atoms with Crippen molar-refractivity contribution in [3.8, 4) is 5.75 Å². The Labute approximate surface area is 172 Å². The highest BCUT2D eigenvalue weighted by Gasteiger charge is 2.17. The summed E-state index contributed by atoms with van der Waals surface area (Å²) in [5.41, 5.74) is 6.63. The van der Waals surface area contributed by atoms with Crippen molar-refractivity contribution in [2.24, 2.45) is 0 Å². The molecule has 0 atom stereocenters. The van der Waals surface area contributed by atoms with E-state index in [0.29, 0.717) is 12.5 Å². The first-order valence-electron chi connectivity index (χ1n) is 10.1. The second-order valence-electron chi connectivity index (χ2n) is 7.70. The number of anilines is 1. The van der Waals surface area contributed by atoms with Crippen molar-refractivity contribution >= 4 is 28.1 Å². The molecular formula is C25H29NO3. The molecule has 3 rings (SSSR count). The lowest BCUT2D eigenvalue weighted by atomic mass is 9.98. The molecule has 2 aromatic carbocycles. The summed E-state index contributed by atoms with van der Waals surface area (Å²) in [6.45, 7) is 12.7. The lowest BCUT2D eigenvalue weighted by Gasteiger charge is -2.14. The van der Waals surface area contributed by atoms with Gasteiger partial charge in [0.25, 0.3) is 0 Å². The number of allylic oxidation sites excluding steroid dienone is 1. The van der Waals surface area contributed by atoms with Crippen LogP contribution in [0, 0.1) is 13.8 Å². The summed E-state index contributed by atoms with van der Waals surface area (Å²) >= 11 is 0. The number of furan rings is 1. The summed E-state index contributed by atoms with van der Waals surface area (Å²) in [6.07, 6.45) is 3.37. The van der Waals surface area contributed by atoms with Gasteiger partial charge in [-0.25, -0.2) is 0 Å². The number of ether oxygens (including phenoxy) is 1. The van der Waals surface area contributed by atoms with Crippen molar-refractivity contribution in [2.75, 3.05) is 11.9 Å². The van der Waals surface area contributed by atoms with Crippen LogP contribution in [0.2, 0.25) is 0 Å². The largest absolute Gasteiger partial charge is 0.493 e. The summed E-state index contributed by atoms with van der Waals surface area (Å²) < 4.78 is 11.6. The van der Waals surface area contributed by atoms with Crippen LogP contribution in [0.15, 0.2) is 47.1 Å². The number of hydrogen-bond donors (Lipinski definition) is 1. The molecular weight excluding hydrogens is 362 g/mol. The lowest BCUT2D eigenvalue weighted by molar-refractivity contribution is -0.111. The van der Waals surface area contributed by atoms with Crippen LogP contribution in [0.4, 0.5) is 5.69 Å². The van der Waals surface area contributed by atoms with Crippen molar-refractivity contribution < 1.29 is 13.9 Å². The summed E-state index contributed by atoms with van der Waals surface area (Å²) in [7, 11) is 0. The molecule has 0 radical (unpaired) electrons. The van der Waals surface area contributed by atoms with Crippen molar-refractivity contribution in [1.82, 2.24) is 0 Å². The Balaban J connectivity index is 1.91. The zero-order valence-electron chi connectivity index (χ0n) is 18.1. The number of carbonyl (C=O) groups is 1. The average Bonchev–Trinajstić information content (AvgIpc) is 3.05. The van der Waals surface area contributed by atoms with E-state index in [1.165, 1.54) is 5.56 Å². The Morgan fingerprint density at radius 3 is 2.52 bits per heavy atom. The first-order chi connectivity index (χ1) is 13.8. The van der Waals surface area contributed by atoms with E-state index in [-0.39, 0.29) is 5.91 Å². The fraction of sp³-hybridized carbons (Fsp3) is 0.320. The van der Waals surface area contributed by atoms with Crippen molar-refractivity contribution in [3.63, 3.8) is 0 Å². The summed E-state index contributed by atoms with van der Waals surface area (Å²) in [6, 6.07) is 10.0. The first-order valence-corrected chi connectivity index (χ1v) is 10.1. The zero-order chi connectivity index (χ0) is 21.1. The van der Waals surface area contributed by atoms with Gasteiger partial charge in [-0.1, -0.05) is 26.0 Å². The van der Waals surface area contributed by atoms with E-state index in [2.05, 4.69) is 19.2 Å². The highest BCUT2D eigenvalue weighted by molar-refractivity contribution is 6.05. The quantitative estimate of drug-likeness (QED) is 0.481. The van der Waals surface area contributed by atoms with Gasteiger partial charge >= 0.3 is 0 Å². The number of amides is 1. The highest BCUT2D eigenvalue weighted by atomic mass is 16.5. The van der Waals surface area contributed by atoms with Crippen LogP contribution in [-0.4, -0.2) is 12.5 Å². The van der Waals surface area contributed by atoms with Crippen LogP contribution in [-0.2, 0) is 4.79 Å². The predicted molar refractivity (Wildman–Crippen MR) is 120 cm³/mol. The summed E-state index contributed by atoms with van der Waals surface area (Å²) in [5, 5.41) is 3.98. The number of rotatable bonds is 6. The molecule has 1 amide bonds. The number of nitrogens with one attached hydrogen (secondary N) is 1. The molecule has 29 heavy (non-hydrogen) atoms. The van der Waals surface area contributed by atoms with Gasteiger partial charge < -0.3 is 14.5 Å². The van der Waals surface area contributed by atoms with Crippen molar-refractivity contribution in [2.45, 2.75) is 47.5 Å². The molecule has 1 N–H and O–H groups in total. The van der Waals surface area contributed by atoms with Crippen LogP contribution in [0.3, 0.4) is 0 Å². The molecule has 0 aliphatic carbocycles. The number of benzene rings is 2. The molecule has 0 aliphatic rings. The van der Waals surface area contributed by atoms with Gasteiger partial charge in [0, 0.05) is 28.3 Å². The summed E-state index contributed by atoms with van der Waals surface area (Å²) in [4.78, 5) is 12.6. The van der Waals surface area contributed by atoms with E-state index in [1.807, 2.05) is 58.0 Å². The van der Waals surface area contributed by atoms with Crippen LogP contribution in [0.5, 0.6) is 5.75 Å². The van der Waals surface area contributed by atoms with E-state index < -0.39 is 0 Å². The van der Waals surface area contributed by atoms with Gasteiger partial charge in [-0.15, -0.1) is 0 Å². The van der Waals surface area contributed by atoms with Crippen LogP contribution in [0.1, 0.15) is 55.9 Å². The Morgan fingerprint density at radius 2 is 1.90 bits per heavy atom. The third-order valence-electron chi connectivity index (χ3n) is 5.14. The molecule has 0 saturated carbocycles. The normalized spacial score (nSPS) is 11.9. The topological polar surface area (TPSA) is 51.5 Å². The second kappa shape index (κ2) is 8.56. The van der Waals surface area contributed by atoms with Crippen LogP contribution >= 0.6 is 0 Å². The molecule has 0 saturated heterocycles. The molecule has 1 aromatic heterocycles. The molecule has 0 bridgehead atoms. The standard InChI is InChI=1S/C25H29NO3/c1-7-28-24-18(6)25-22(17(5)14-29-25)13-21(24)16(4)12-23(27)26-20-10-8-19(9-11-20)15(2)3/h8-15H,7H2,1-6H3,(H,26,27)/b16-12+. The number of aryl methyl sites for hydroxylation is 2. The molecule has 0 spiro atoms. The molecule has 1 heterocycles. The molecule has 3 aromatic rings. The van der Waals surface area contributed by atoms with E-state index >= 15 is 0 Å². The van der Waals surface area contributed by atoms with Gasteiger partial charge in [-0.05, 0) is 68.5 Å². The Hall–Kier alpha value is -3.01. The molecule has 0 fully saturated rings. The minimum absolute atomic E-state index is 0.163. The van der Waals surface area contributed by atoms with E-state index in [9.17, 15) is 4.79 Å². The van der Waals surface area contributed by atoms with Crippen LogP contribution < -0.4 is 10.1 Å². The van der Waals surface area contributed by atoms with Gasteiger partial charge in [-0.3, -0.25) is 4.79 Å². The smallest absolute Gasteiger partial charge is 0.248 e. The SMILES string of the molecule is CCOc1c(/C(C)=C/C(=O)Nc2ccc(C(C)C)cc2)cc2c(C)coc2c1C. The molecule has 152 valence electrons. The van der Waals surface area contributed by atoms with Crippen molar-refractivity contribution in [1.29, 1.82) is 0 Å². The van der Waals surface area contributed by atoms with Crippen molar-refractivity contribution in [3.05, 3.63) is 64.9 Å². The van der Waals surface area contributed by atoms with E-state index in [4.69, 9.17) is 9.15 Å². The molecule has 4 nitrogen and oxygen atoms in total. The third kappa shape index (κ3) is 4.37. The number of fused-ring (bicyclic) bond motifs is 1. The van der Waals surface area contributed by atoms with Crippen LogP contribution in [0.25, 0.3) is 16.5 Å².